The summed E-state index contributed by atoms with van der Waals surface area (Å²) in [6, 6.07) is 4.75. The van der Waals surface area contributed by atoms with Gasteiger partial charge in [0.25, 0.3) is 5.91 Å². The Balaban J connectivity index is 1.40. The maximum Gasteiger partial charge on any atom is 0.261 e. The van der Waals surface area contributed by atoms with E-state index >= 15 is 8.78 Å². The average Bonchev–Trinajstić information content (AvgIpc) is 3.62. The summed E-state index contributed by atoms with van der Waals surface area (Å²) in [7, 11) is 0. The zero-order valence-electron chi connectivity index (χ0n) is 23.8. The van der Waals surface area contributed by atoms with Crippen molar-refractivity contribution in [3.05, 3.63) is 81.2 Å². The summed E-state index contributed by atoms with van der Waals surface area (Å²) in [6.07, 6.45) is 7.78. The molecule has 0 bridgehead atoms. The van der Waals surface area contributed by atoms with Gasteiger partial charge in [0.1, 0.15) is 11.6 Å². The minimum Gasteiger partial charge on any atom is -0.362 e. The lowest BCUT2D eigenvalue weighted by Crippen LogP contribution is -2.55. The Bertz CT molecular complexity index is 1520. The summed E-state index contributed by atoms with van der Waals surface area (Å²) in [4.78, 5) is 22.2. The van der Waals surface area contributed by atoms with Gasteiger partial charge in [0.15, 0.2) is 11.6 Å². The number of pyridine rings is 1. The fraction of sp³-hybridized carbons (Fsp3) is 0.452. The molecular formula is C31H35ClF2N6O. The number of allylic oxidation sites excluding steroid dienone is 1. The number of amides is 1. The lowest BCUT2D eigenvalue weighted by molar-refractivity contribution is 0.0967. The Hall–Kier alpha value is -3.30. The third-order valence-electron chi connectivity index (χ3n) is 8.95. The van der Waals surface area contributed by atoms with Crippen molar-refractivity contribution in [3.8, 4) is 0 Å². The minimum absolute atomic E-state index is 0.0116. The number of hydrogen-bond donors (Lipinski definition) is 2. The Morgan fingerprint density at radius 1 is 1.20 bits per heavy atom. The number of nitrogens with one attached hydrogen (secondary N) is 2. The number of rotatable bonds is 8. The molecule has 216 valence electrons. The molecule has 1 aromatic carbocycles. The van der Waals surface area contributed by atoms with Crippen LogP contribution in [0.5, 0.6) is 0 Å². The number of fused-ring (bicyclic) bond motifs is 1. The van der Waals surface area contributed by atoms with Gasteiger partial charge in [-0.05, 0) is 37.7 Å². The first-order valence-electron chi connectivity index (χ1n) is 14.2. The van der Waals surface area contributed by atoms with Crippen molar-refractivity contribution in [1.82, 2.24) is 20.1 Å². The monoisotopic (exact) mass is 580 g/mol. The number of carbonyl (C=O) groups is 1. The molecule has 1 saturated carbocycles. The lowest BCUT2D eigenvalue weighted by Gasteiger charge is -2.43. The third-order valence-corrected chi connectivity index (χ3v) is 9.24. The van der Waals surface area contributed by atoms with E-state index in [0.29, 0.717) is 5.82 Å². The van der Waals surface area contributed by atoms with Crippen LogP contribution in [0.2, 0.25) is 5.02 Å². The van der Waals surface area contributed by atoms with Gasteiger partial charge in [-0.2, -0.15) is 5.10 Å². The van der Waals surface area contributed by atoms with E-state index in [-0.39, 0.29) is 52.0 Å². The highest BCUT2D eigenvalue weighted by molar-refractivity contribution is 6.30. The van der Waals surface area contributed by atoms with Crippen molar-refractivity contribution in [2.24, 2.45) is 5.92 Å². The van der Waals surface area contributed by atoms with Crippen LogP contribution in [0.3, 0.4) is 0 Å². The normalized spacial score (nSPS) is 21.6. The first-order valence-corrected chi connectivity index (χ1v) is 14.6. The molecule has 1 aliphatic carbocycles. The van der Waals surface area contributed by atoms with Crippen LogP contribution in [0.4, 0.5) is 20.4 Å². The molecule has 41 heavy (non-hydrogen) atoms. The number of halogens is 3. The largest absolute Gasteiger partial charge is 0.362 e. The molecule has 1 amide bonds. The van der Waals surface area contributed by atoms with Crippen molar-refractivity contribution in [1.29, 1.82) is 0 Å². The van der Waals surface area contributed by atoms with Gasteiger partial charge in [0.05, 0.1) is 22.8 Å². The molecule has 2 atom stereocenters. The van der Waals surface area contributed by atoms with Crippen molar-refractivity contribution < 1.29 is 13.6 Å². The highest BCUT2D eigenvalue weighted by Gasteiger charge is 2.47. The molecule has 2 N–H and O–H groups in total. The first kappa shape index (κ1) is 27.8. The van der Waals surface area contributed by atoms with Gasteiger partial charge < -0.3 is 5.32 Å². The van der Waals surface area contributed by atoms with E-state index in [1.165, 1.54) is 35.6 Å². The van der Waals surface area contributed by atoms with Gasteiger partial charge in [-0.3, -0.25) is 19.7 Å². The fourth-order valence-corrected chi connectivity index (χ4v) is 6.14. The van der Waals surface area contributed by atoms with Crippen LogP contribution in [0.25, 0.3) is 0 Å². The van der Waals surface area contributed by atoms with E-state index in [2.05, 4.69) is 52.2 Å². The average molecular weight is 581 g/mol. The topological polar surface area (TPSA) is 77.2 Å². The van der Waals surface area contributed by atoms with Gasteiger partial charge >= 0.3 is 0 Å². The van der Waals surface area contributed by atoms with Gasteiger partial charge in [-0.25, -0.2) is 13.8 Å². The Kier molecular flexibility index (Phi) is 7.14. The zero-order valence-corrected chi connectivity index (χ0v) is 24.5. The summed E-state index contributed by atoms with van der Waals surface area (Å²) < 4.78 is 32.2. The summed E-state index contributed by atoms with van der Waals surface area (Å²) in [5.41, 5.74) is 1.50. The molecule has 7 nitrogen and oxygen atoms in total. The smallest absolute Gasteiger partial charge is 0.261 e. The number of anilines is 2. The van der Waals surface area contributed by atoms with Crippen LogP contribution in [-0.4, -0.2) is 58.2 Å². The molecule has 4 heterocycles. The van der Waals surface area contributed by atoms with Crippen LogP contribution < -0.4 is 10.2 Å². The molecule has 3 aromatic rings. The van der Waals surface area contributed by atoms with E-state index in [1.54, 1.807) is 25.3 Å². The standard InChI is InChI=1S/C31H35ClF2N6O/c1-17(2)18(3)21-13-36-38-29(21)40-16-31(4,23-6-5-7-24(32)26(23)33)25-22(30(40)41)12-35-28(27(25)34)37-20-14-39(15-20)11-10-19-8-9-19/h5-7,10,12-13,17-18,20H,8-9,11,14-16H2,1-4H3,(H,35,37)(H,36,38)/t18?,31-/m1/s1. The molecule has 0 radical (unpaired) electrons. The number of hydrogen-bond acceptors (Lipinski definition) is 5. The highest BCUT2D eigenvalue weighted by atomic mass is 35.5. The van der Waals surface area contributed by atoms with Crippen LogP contribution >= 0.6 is 11.6 Å². The summed E-state index contributed by atoms with van der Waals surface area (Å²) in [6.45, 7) is 10.4. The molecule has 2 aliphatic heterocycles. The Labute approximate surface area is 244 Å². The van der Waals surface area contributed by atoms with Gasteiger partial charge in [0.2, 0.25) is 0 Å². The van der Waals surface area contributed by atoms with E-state index in [4.69, 9.17) is 11.6 Å². The van der Waals surface area contributed by atoms with Crippen LogP contribution in [0, 0.1) is 17.6 Å². The molecule has 3 aliphatic rings. The fourth-order valence-electron chi connectivity index (χ4n) is 5.97. The van der Waals surface area contributed by atoms with Crippen LogP contribution in [-0.2, 0) is 5.41 Å². The maximum absolute atomic E-state index is 16.5. The van der Waals surface area contributed by atoms with Crippen molar-refractivity contribution in [3.63, 3.8) is 0 Å². The molecule has 0 spiro atoms. The number of carbonyl (C=O) groups excluding carboxylic acids is 1. The van der Waals surface area contributed by atoms with E-state index in [9.17, 15) is 4.79 Å². The predicted molar refractivity (Wildman–Crippen MR) is 157 cm³/mol. The number of benzene rings is 1. The number of aromatic amines is 1. The summed E-state index contributed by atoms with van der Waals surface area (Å²) >= 11 is 6.22. The predicted octanol–water partition coefficient (Wildman–Crippen LogP) is 6.28. The third kappa shape index (κ3) is 4.93. The van der Waals surface area contributed by atoms with Gasteiger partial charge in [0, 0.05) is 54.5 Å². The Morgan fingerprint density at radius 2 is 1.95 bits per heavy atom. The molecule has 1 unspecified atom stereocenters. The van der Waals surface area contributed by atoms with E-state index in [0.717, 1.165) is 25.2 Å². The first-order chi connectivity index (χ1) is 19.6. The van der Waals surface area contributed by atoms with Crippen molar-refractivity contribution in [2.75, 3.05) is 36.4 Å². The number of H-pyrrole nitrogens is 1. The summed E-state index contributed by atoms with van der Waals surface area (Å²) in [5.74, 6) is -0.721. The van der Waals surface area contributed by atoms with Crippen LogP contribution in [0.15, 0.2) is 42.2 Å². The lowest BCUT2D eigenvalue weighted by atomic mass is 9.71. The molecule has 1 saturated heterocycles. The van der Waals surface area contributed by atoms with Crippen LogP contribution in [0.1, 0.15) is 73.5 Å². The minimum atomic E-state index is -1.27. The number of likely N-dealkylation sites (tertiary alicyclic amines) is 1. The molecular weight excluding hydrogens is 546 g/mol. The quantitative estimate of drug-likeness (QED) is 0.307. The molecule has 6 rings (SSSR count). The Morgan fingerprint density at radius 3 is 2.66 bits per heavy atom. The molecule has 2 fully saturated rings. The highest BCUT2D eigenvalue weighted by Crippen LogP contribution is 2.45. The number of aromatic nitrogens is 3. The molecule has 2 aromatic heterocycles. The maximum atomic E-state index is 16.5. The van der Waals surface area contributed by atoms with Gasteiger partial charge in [-0.1, -0.05) is 56.2 Å². The summed E-state index contributed by atoms with van der Waals surface area (Å²) in [5, 5.41) is 10.4. The van der Waals surface area contributed by atoms with Crippen molar-refractivity contribution in [2.45, 2.75) is 57.9 Å². The van der Waals surface area contributed by atoms with E-state index < -0.39 is 23.0 Å². The number of nitrogens with zero attached hydrogens (tertiary/aromatic N) is 4. The second-order valence-corrected chi connectivity index (χ2v) is 12.6. The SMILES string of the molecule is CC(C)C(C)c1cn[nH]c1N1C[C@](C)(c2cccc(Cl)c2F)c2c(cnc(NC3CN(CC=C4CC4)C3)c2F)C1=O. The molecule has 10 heteroatoms. The second-order valence-electron chi connectivity index (χ2n) is 12.2. The zero-order chi connectivity index (χ0) is 29.1. The second kappa shape index (κ2) is 10.5. The van der Waals surface area contributed by atoms with Gasteiger partial charge in [-0.15, -0.1) is 0 Å². The van der Waals surface area contributed by atoms with E-state index in [1.807, 2.05) is 0 Å². The van der Waals surface area contributed by atoms with Crippen molar-refractivity contribution >= 4 is 29.1 Å².